The van der Waals surface area contributed by atoms with Crippen LogP contribution in [0.25, 0.3) is 0 Å². The molecule has 10 heteroatoms. The van der Waals surface area contributed by atoms with Gasteiger partial charge < -0.3 is 9.64 Å². The van der Waals surface area contributed by atoms with Crippen LogP contribution in [0.2, 0.25) is 0 Å². The maximum absolute atomic E-state index is 14.0. The molecule has 1 atom stereocenters. The van der Waals surface area contributed by atoms with Crippen molar-refractivity contribution in [2.75, 3.05) is 25.4 Å². The van der Waals surface area contributed by atoms with Crippen molar-refractivity contribution in [3.63, 3.8) is 0 Å². The normalized spacial score (nSPS) is 18.1. The van der Waals surface area contributed by atoms with E-state index >= 15 is 0 Å². The van der Waals surface area contributed by atoms with Gasteiger partial charge in [0.1, 0.15) is 6.54 Å². The summed E-state index contributed by atoms with van der Waals surface area (Å²) in [6.07, 6.45) is 5.05. The fourth-order valence-corrected chi connectivity index (χ4v) is 4.98. The number of carbonyl (C=O) groups is 2. The molecule has 0 aromatic heterocycles. The third kappa shape index (κ3) is 6.90. The van der Waals surface area contributed by atoms with Gasteiger partial charge in [-0.05, 0) is 56.2 Å². The number of sulfonamides is 1. The summed E-state index contributed by atoms with van der Waals surface area (Å²) < 4.78 is 47.1. The van der Waals surface area contributed by atoms with Gasteiger partial charge in [-0.25, -0.2) is 22.3 Å². The van der Waals surface area contributed by atoms with Gasteiger partial charge in [0.15, 0.2) is 11.6 Å². The van der Waals surface area contributed by atoms with Crippen LogP contribution in [-0.4, -0.2) is 50.7 Å². The Bertz CT molecular complexity index is 904. The predicted molar refractivity (Wildman–Crippen MR) is 114 cm³/mol. The van der Waals surface area contributed by atoms with Crippen LogP contribution < -0.4 is 14.8 Å². The fourth-order valence-electron chi connectivity index (χ4n) is 3.60. The monoisotopic (exact) mass is 455 g/mol. The second-order valence-electron chi connectivity index (χ2n) is 8.29. The third-order valence-electron chi connectivity index (χ3n) is 5.72. The highest BCUT2D eigenvalue weighted by atomic mass is 32.2. The third-order valence-corrected chi connectivity index (χ3v) is 7.26. The van der Waals surface area contributed by atoms with Gasteiger partial charge >= 0.3 is 6.03 Å². The first-order valence-corrected chi connectivity index (χ1v) is 12.4. The van der Waals surface area contributed by atoms with Crippen LogP contribution >= 0.6 is 0 Å². The number of rotatable bonds is 12. The molecule has 1 saturated heterocycles. The molecule has 1 aromatic rings. The maximum atomic E-state index is 14.0. The number of urea groups is 1. The van der Waals surface area contributed by atoms with E-state index in [1.54, 1.807) is 19.1 Å². The number of nitrogens with one attached hydrogen (secondary N) is 2. The number of imide groups is 1. The zero-order valence-electron chi connectivity index (χ0n) is 17.7. The van der Waals surface area contributed by atoms with Crippen molar-refractivity contribution in [1.82, 2.24) is 14.9 Å². The largest absolute Gasteiger partial charge is 0.490 e. The van der Waals surface area contributed by atoms with E-state index in [-0.39, 0.29) is 24.0 Å². The van der Waals surface area contributed by atoms with Gasteiger partial charge in [0.25, 0.3) is 0 Å². The zero-order chi connectivity index (χ0) is 22.4. The van der Waals surface area contributed by atoms with E-state index in [9.17, 15) is 22.4 Å². The minimum Gasteiger partial charge on any atom is -0.490 e. The lowest BCUT2D eigenvalue weighted by atomic mass is 9.86. The van der Waals surface area contributed by atoms with Gasteiger partial charge in [0.2, 0.25) is 15.9 Å². The molecule has 3 amide bonds. The first-order valence-electron chi connectivity index (χ1n) is 10.7. The molecule has 1 aliphatic heterocycles. The number of hydrogen-bond donors (Lipinski definition) is 2. The van der Waals surface area contributed by atoms with Gasteiger partial charge in [0.05, 0.1) is 12.4 Å². The molecule has 31 heavy (non-hydrogen) atoms. The summed E-state index contributed by atoms with van der Waals surface area (Å²) in [5.74, 6) is -0.191. The van der Waals surface area contributed by atoms with Crippen molar-refractivity contribution in [2.45, 2.75) is 51.5 Å². The lowest BCUT2D eigenvalue weighted by Gasteiger charge is -2.25. The number of nitrogens with zero attached hydrogens (tertiary/aromatic N) is 1. The van der Waals surface area contributed by atoms with Gasteiger partial charge in [-0.15, -0.1) is 0 Å². The molecule has 1 aromatic carbocycles. The summed E-state index contributed by atoms with van der Waals surface area (Å²) in [5.41, 5.74) is 0.637. The molecule has 2 aliphatic rings. The summed E-state index contributed by atoms with van der Waals surface area (Å²) in [5, 5.41) is 2.21. The van der Waals surface area contributed by atoms with Gasteiger partial charge in [0, 0.05) is 12.6 Å². The summed E-state index contributed by atoms with van der Waals surface area (Å²) >= 11 is 0. The van der Waals surface area contributed by atoms with Gasteiger partial charge in [-0.3, -0.25) is 10.1 Å². The maximum Gasteiger partial charge on any atom is 0.324 e. The van der Waals surface area contributed by atoms with Crippen molar-refractivity contribution in [2.24, 2.45) is 5.92 Å². The molecule has 1 unspecified atom stereocenters. The molecular weight excluding hydrogens is 425 g/mol. The number of halogens is 1. The molecule has 0 spiro atoms. The van der Waals surface area contributed by atoms with Crippen LogP contribution in [0.4, 0.5) is 9.18 Å². The Morgan fingerprint density at radius 2 is 2.03 bits per heavy atom. The average Bonchev–Trinajstić information content (AvgIpc) is 2.98. The molecule has 1 saturated carbocycles. The van der Waals surface area contributed by atoms with E-state index in [0.29, 0.717) is 43.9 Å². The number of amides is 3. The SMILES string of the molecule is CC(NS(=O)(=O)CCCCCN1CC(=O)NC1=O)c1ccc(F)c(OCC2CCC2)c1. The lowest BCUT2D eigenvalue weighted by molar-refractivity contribution is -0.118. The number of ether oxygens (including phenoxy) is 1. The Balaban J connectivity index is 1.42. The standard InChI is InChI=1S/C21H30FN3O5S/c1-15(17-8-9-18(22)19(12-17)30-14-16-6-5-7-16)24-31(28,29)11-4-2-3-10-25-13-20(26)23-21(25)27/h8-9,12,15-16,24H,2-7,10-11,13-14H2,1H3,(H,23,26,27). The van der Waals surface area contributed by atoms with Crippen molar-refractivity contribution >= 4 is 22.0 Å². The first kappa shape index (κ1) is 23.5. The first-order chi connectivity index (χ1) is 14.7. The summed E-state index contributed by atoms with van der Waals surface area (Å²) in [7, 11) is -3.52. The summed E-state index contributed by atoms with van der Waals surface area (Å²) in [4.78, 5) is 24.0. The van der Waals surface area contributed by atoms with Gasteiger partial charge in [-0.2, -0.15) is 0 Å². The van der Waals surface area contributed by atoms with E-state index in [1.807, 2.05) is 0 Å². The molecular formula is C21H30FN3O5S. The van der Waals surface area contributed by atoms with Crippen LogP contribution in [0.15, 0.2) is 18.2 Å². The molecule has 0 radical (unpaired) electrons. The second-order valence-corrected chi connectivity index (χ2v) is 10.2. The van der Waals surface area contributed by atoms with Crippen LogP contribution in [0.5, 0.6) is 5.75 Å². The van der Waals surface area contributed by atoms with E-state index in [2.05, 4.69) is 10.0 Å². The highest BCUT2D eigenvalue weighted by Crippen LogP contribution is 2.29. The van der Waals surface area contributed by atoms with Crippen LogP contribution in [0.3, 0.4) is 0 Å². The van der Waals surface area contributed by atoms with Crippen LogP contribution in [0, 0.1) is 11.7 Å². The Morgan fingerprint density at radius 3 is 2.68 bits per heavy atom. The summed E-state index contributed by atoms with van der Waals surface area (Å²) in [6, 6.07) is 3.50. The topological polar surface area (TPSA) is 105 Å². The number of benzene rings is 1. The smallest absolute Gasteiger partial charge is 0.324 e. The Labute approximate surface area is 182 Å². The van der Waals surface area contributed by atoms with Crippen molar-refractivity contribution < 1.29 is 27.1 Å². The molecule has 8 nitrogen and oxygen atoms in total. The molecule has 172 valence electrons. The molecule has 1 heterocycles. The Morgan fingerprint density at radius 1 is 1.26 bits per heavy atom. The average molecular weight is 456 g/mol. The minimum absolute atomic E-state index is 0.0469. The molecule has 2 fully saturated rings. The van der Waals surface area contributed by atoms with E-state index < -0.39 is 27.9 Å². The van der Waals surface area contributed by atoms with Crippen LogP contribution in [0.1, 0.15) is 57.1 Å². The van der Waals surface area contributed by atoms with Crippen LogP contribution in [-0.2, 0) is 14.8 Å². The van der Waals surface area contributed by atoms with E-state index in [4.69, 9.17) is 4.74 Å². The molecule has 2 N–H and O–H groups in total. The molecule has 3 rings (SSSR count). The zero-order valence-corrected chi connectivity index (χ0v) is 18.5. The quantitative estimate of drug-likeness (QED) is 0.372. The predicted octanol–water partition coefficient (Wildman–Crippen LogP) is 2.71. The Hall–Kier alpha value is -2.20. The number of hydrogen-bond acceptors (Lipinski definition) is 5. The molecule has 0 bridgehead atoms. The van der Waals surface area contributed by atoms with Crippen molar-refractivity contribution in [3.05, 3.63) is 29.6 Å². The van der Waals surface area contributed by atoms with Crippen molar-refractivity contribution in [1.29, 1.82) is 0 Å². The van der Waals surface area contributed by atoms with E-state index in [1.165, 1.54) is 17.4 Å². The Kier molecular flexibility index (Phi) is 7.88. The van der Waals surface area contributed by atoms with E-state index in [0.717, 1.165) is 12.8 Å². The number of unbranched alkanes of at least 4 members (excludes halogenated alkanes) is 2. The lowest BCUT2D eigenvalue weighted by Crippen LogP contribution is -2.30. The highest BCUT2D eigenvalue weighted by molar-refractivity contribution is 7.89. The molecule has 1 aliphatic carbocycles. The highest BCUT2D eigenvalue weighted by Gasteiger charge is 2.26. The summed E-state index contributed by atoms with van der Waals surface area (Å²) in [6.45, 7) is 2.66. The second kappa shape index (κ2) is 10.4. The van der Waals surface area contributed by atoms with Crippen molar-refractivity contribution in [3.8, 4) is 5.75 Å². The number of carbonyl (C=O) groups excluding carboxylic acids is 2. The fraction of sp³-hybridized carbons (Fsp3) is 0.619. The van der Waals surface area contributed by atoms with Gasteiger partial charge in [-0.1, -0.05) is 18.9 Å². The minimum atomic E-state index is -3.52.